The van der Waals surface area contributed by atoms with Crippen LogP contribution in [0.5, 0.6) is 0 Å². The number of pyridine rings is 1. The van der Waals surface area contributed by atoms with Crippen molar-refractivity contribution < 1.29 is 13.2 Å². The number of amidine groups is 1. The summed E-state index contributed by atoms with van der Waals surface area (Å²) in [5, 5.41) is 7.66. The third-order valence-corrected chi connectivity index (χ3v) is 8.44. The highest BCUT2D eigenvalue weighted by Gasteiger charge is 2.38. The van der Waals surface area contributed by atoms with Gasteiger partial charge < -0.3 is 5.73 Å². The molecule has 4 N–H and O–H groups in total. The van der Waals surface area contributed by atoms with Crippen LogP contribution in [-0.4, -0.2) is 49.2 Å². The number of allylic oxidation sites excluding steroid dienone is 2. The molecule has 2 aromatic heterocycles. The van der Waals surface area contributed by atoms with Gasteiger partial charge in [-0.1, -0.05) is 18.2 Å². The zero-order valence-electron chi connectivity index (χ0n) is 16.7. The number of aromatic nitrogens is 1. The first-order chi connectivity index (χ1) is 14.9. The fourth-order valence-corrected chi connectivity index (χ4v) is 6.39. The van der Waals surface area contributed by atoms with Gasteiger partial charge in [-0.05, 0) is 50.2 Å². The van der Waals surface area contributed by atoms with Crippen molar-refractivity contribution in [3.05, 3.63) is 60.5 Å². The number of nitrogens with two attached hydrogens (primary N) is 1. The largest absolute Gasteiger partial charge is 0.384 e. The standard InChI is InChI=1S/C21H23N5O3S2/c22-20(23)15-6-3-7-16(19(15)27)21(26-11-1-2-12-26)25-31(28,29)18-9-8-17(30-18)14-5-4-10-24-13-14/h3-10,13,16,21,25H,1-2,11-12H2,(H3,22,23)/t16-,21?/m1/s1. The number of Topliss-reactive ketones (excluding diaryl/α,β-unsaturated/α-hetero) is 1. The number of nitrogens with one attached hydrogen (secondary N) is 2. The van der Waals surface area contributed by atoms with Crippen LogP contribution in [0.25, 0.3) is 10.4 Å². The molecule has 31 heavy (non-hydrogen) atoms. The molecule has 2 aliphatic rings. The van der Waals surface area contributed by atoms with Crippen LogP contribution in [0.1, 0.15) is 12.8 Å². The van der Waals surface area contributed by atoms with E-state index in [9.17, 15) is 13.2 Å². The number of likely N-dealkylation sites (tertiary alicyclic amines) is 1. The molecule has 1 saturated heterocycles. The number of hydrogen-bond donors (Lipinski definition) is 3. The lowest BCUT2D eigenvalue weighted by atomic mass is 9.89. The van der Waals surface area contributed by atoms with E-state index < -0.39 is 22.1 Å². The second-order valence-electron chi connectivity index (χ2n) is 7.44. The van der Waals surface area contributed by atoms with E-state index in [1.54, 1.807) is 42.7 Å². The van der Waals surface area contributed by atoms with Gasteiger partial charge in [-0.25, -0.2) is 8.42 Å². The van der Waals surface area contributed by atoms with E-state index in [-0.39, 0.29) is 21.4 Å². The molecule has 4 rings (SSSR count). The minimum Gasteiger partial charge on any atom is -0.384 e. The molecule has 0 bridgehead atoms. The van der Waals surface area contributed by atoms with Gasteiger partial charge >= 0.3 is 0 Å². The molecule has 1 aliphatic carbocycles. The summed E-state index contributed by atoms with van der Waals surface area (Å²) in [6.45, 7) is 1.38. The summed E-state index contributed by atoms with van der Waals surface area (Å²) in [6, 6.07) is 6.99. The van der Waals surface area contributed by atoms with Gasteiger partial charge in [0.1, 0.15) is 10.0 Å². The normalized spacial score (nSPS) is 20.6. The lowest BCUT2D eigenvalue weighted by molar-refractivity contribution is -0.119. The lowest BCUT2D eigenvalue weighted by Crippen LogP contribution is -2.53. The van der Waals surface area contributed by atoms with Crippen molar-refractivity contribution in [1.29, 1.82) is 5.41 Å². The molecule has 8 nitrogen and oxygen atoms in total. The van der Waals surface area contributed by atoms with Crippen molar-refractivity contribution in [1.82, 2.24) is 14.6 Å². The van der Waals surface area contributed by atoms with Gasteiger partial charge in [-0.3, -0.25) is 20.1 Å². The number of carbonyl (C=O) groups is 1. The molecule has 0 aromatic carbocycles. The third kappa shape index (κ3) is 4.52. The first kappa shape index (κ1) is 21.6. The summed E-state index contributed by atoms with van der Waals surface area (Å²) in [5.41, 5.74) is 6.50. The SMILES string of the molecule is N=C(N)C1=CC=C[C@@H](C(NS(=O)(=O)c2ccc(-c3cccnc3)s2)N2CCCC2)C1=O. The van der Waals surface area contributed by atoms with Crippen molar-refractivity contribution in [3.8, 4) is 10.4 Å². The fourth-order valence-electron chi connectivity index (χ4n) is 3.83. The van der Waals surface area contributed by atoms with Gasteiger partial charge in [0.2, 0.25) is 0 Å². The first-order valence-electron chi connectivity index (χ1n) is 9.90. The van der Waals surface area contributed by atoms with Gasteiger partial charge in [0, 0.05) is 22.8 Å². The molecule has 2 atom stereocenters. The maximum Gasteiger partial charge on any atom is 0.251 e. The topological polar surface area (TPSA) is 129 Å². The van der Waals surface area contributed by atoms with Crippen LogP contribution < -0.4 is 10.5 Å². The number of sulfonamides is 1. The fraction of sp³-hybridized carbons (Fsp3) is 0.286. The van der Waals surface area contributed by atoms with Crippen LogP contribution in [0.4, 0.5) is 0 Å². The Morgan fingerprint density at radius 2 is 2.06 bits per heavy atom. The Labute approximate surface area is 185 Å². The minimum atomic E-state index is -3.88. The van der Waals surface area contributed by atoms with Gasteiger partial charge in [-0.15, -0.1) is 11.3 Å². The number of nitrogens with zero attached hydrogens (tertiary/aromatic N) is 2. The maximum absolute atomic E-state index is 13.2. The first-order valence-corrected chi connectivity index (χ1v) is 12.2. The number of carbonyl (C=O) groups excluding carboxylic acids is 1. The predicted molar refractivity (Wildman–Crippen MR) is 120 cm³/mol. The summed E-state index contributed by atoms with van der Waals surface area (Å²) >= 11 is 1.15. The summed E-state index contributed by atoms with van der Waals surface area (Å²) in [6.07, 6.45) is 9.30. The number of hydrogen-bond acceptors (Lipinski definition) is 7. The summed E-state index contributed by atoms with van der Waals surface area (Å²) in [7, 11) is -3.88. The number of thiophene rings is 1. The maximum atomic E-state index is 13.2. The molecule has 10 heteroatoms. The van der Waals surface area contributed by atoms with Crippen molar-refractivity contribution in [2.45, 2.75) is 23.2 Å². The third-order valence-electron chi connectivity index (χ3n) is 5.38. The Morgan fingerprint density at radius 1 is 1.29 bits per heavy atom. The molecule has 3 heterocycles. The van der Waals surface area contributed by atoms with E-state index in [1.165, 1.54) is 6.08 Å². The molecule has 0 spiro atoms. The Balaban J connectivity index is 1.62. The highest BCUT2D eigenvalue weighted by molar-refractivity contribution is 7.91. The van der Waals surface area contributed by atoms with Gasteiger partial charge in [0.15, 0.2) is 5.78 Å². The monoisotopic (exact) mass is 457 g/mol. The molecular formula is C21H23N5O3S2. The van der Waals surface area contributed by atoms with Crippen LogP contribution in [0.15, 0.2) is 64.7 Å². The highest BCUT2D eigenvalue weighted by atomic mass is 32.2. The molecule has 0 amide bonds. The van der Waals surface area contributed by atoms with E-state index in [0.717, 1.165) is 34.6 Å². The molecule has 1 aliphatic heterocycles. The number of ketones is 1. The van der Waals surface area contributed by atoms with Crippen molar-refractivity contribution in [2.75, 3.05) is 13.1 Å². The van der Waals surface area contributed by atoms with Gasteiger partial charge in [0.25, 0.3) is 10.0 Å². The van der Waals surface area contributed by atoms with Crippen molar-refractivity contribution >= 4 is 33.0 Å². The molecule has 0 saturated carbocycles. The Bertz CT molecular complexity index is 1150. The molecular weight excluding hydrogens is 434 g/mol. The Morgan fingerprint density at radius 3 is 2.74 bits per heavy atom. The van der Waals surface area contributed by atoms with Crippen LogP contribution >= 0.6 is 11.3 Å². The zero-order chi connectivity index (χ0) is 22.0. The van der Waals surface area contributed by atoms with E-state index in [0.29, 0.717) is 13.1 Å². The summed E-state index contributed by atoms with van der Waals surface area (Å²) in [5.74, 6) is -1.42. The van der Waals surface area contributed by atoms with Crippen molar-refractivity contribution in [2.24, 2.45) is 11.7 Å². The van der Waals surface area contributed by atoms with E-state index in [2.05, 4.69) is 9.71 Å². The van der Waals surface area contributed by atoms with Crippen LogP contribution in [0, 0.1) is 11.3 Å². The van der Waals surface area contributed by atoms with Crippen LogP contribution in [-0.2, 0) is 14.8 Å². The quantitative estimate of drug-likeness (QED) is 0.431. The summed E-state index contributed by atoms with van der Waals surface area (Å²) in [4.78, 5) is 19.8. The Hall–Kier alpha value is -2.66. The zero-order valence-corrected chi connectivity index (χ0v) is 18.3. The molecule has 1 fully saturated rings. The van der Waals surface area contributed by atoms with Crippen LogP contribution in [0.3, 0.4) is 0 Å². The summed E-state index contributed by atoms with van der Waals surface area (Å²) < 4.78 is 29.4. The Kier molecular flexibility index (Phi) is 6.15. The van der Waals surface area contributed by atoms with E-state index >= 15 is 0 Å². The lowest BCUT2D eigenvalue weighted by Gasteiger charge is -2.33. The molecule has 0 radical (unpaired) electrons. The highest BCUT2D eigenvalue weighted by Crippen LogP contribution is 2.31. The molecule has 2 aromatic rings. The second kappa shape index (κ2) is 8.83. The molecule has 162 valence electrons. The average molecular weight is 458 g/mol. The van der Waals surface area contributed by atoms with Gasteiger partial charge in [-0.2, -0.15) is 4.72 Å². The van der Waals surface area contributed by atoms with Gasteiger partial charge in [0.05, 0.1) is 17.7 Å². The smallest absolute Gasteiger partial charge is 0.251 e. The second-order valence-corrected chi connectivity index (χ2v) is 10.5. The van der Waals surface area contributed by atoms with Crippen LogP contribution in [0.2, 0.25) is 0 Å². The predicted octanol–water partition coefficient (Wildman–Crippen LogP) is 2.13. The van der Waals surface area contributed by atoms with Crippen molar-refractivity contribution in [3.63, 3.8) is 0 Å². The number of rotatable bonds is 7. The molecule has 1 unspecified atom stereocenters. The average Bonchev–Trinajstić information content (AvgIpc) is 3.45. The minimum absolute atomic E-state index is 0.103. The van der Waals surface area contributed by atoms with E-state index in [1.807, 2.05) is 11.0 Å². The van der Waals surface area contributed by atoms with E-state index in [4.69, 9.17) is 11.1 Å².